The number of phenolic OH excluding ortho intramolecular Hbond substituents is 1. The van der Waals surface area contributed by atoms with E-state index < -0.39 is 5.60 Å². The van der Waals surface area contributed by atoms with Gasteiger partial charge < -0.3 is 19.3 Å². The number of aromatic hydroxyl groups is 1. The predicted octanol–water partition coefficient (Wildman–Crippen LogP) is 4.81. The lowest BCUT2D eigenvalue weighted by molar-refractivity contribution is -0.155. The van der Waals surface area contributed by atoms with Crippen LogP contribution in [0.15, 0.2) is 12.1 Å². The van der Waals surface area contributed by atoms with Crippen molar-refractivity contribution in [3.63, 3.8) is 0 Å². The Morgan fingerprint density at radius 3 is 2.46 bits per heavy atom. The van der Waals surface area contributed by atoms with Crippen molar-refractivity contribution in [2.75, 3.05) is 14.2 Å². The van der Waals surface area contributed by atoms with E-state index in [9.17, 15) is 9.90 Å². The number of phenols is 1. The smallest absolute Gasteiger partial charge is 0.306 e. The largest absolute Gasteiger partial charge is 0.502 e. The van der Waals surface area contributed by atoms with E-state index in [4.69, 9.17) is 14.2 Å². The number of hydrogen-bond donors (Lipinski definition) is 1. The quantitative estimate of drug-likeness (QED) is 0.734. The molecule has 0 radical (unpaired) electrons. The lowest BCUT2D eigenvalue weighted by Crippen LogP contribution is -2.25. The molecular formula is C21H32O5. The van der Waals surface area contributed by atoms with Crippen LogP contribution < -0.4 is 9.47 Å². The maximum absolute atomic E-state index is 12.1. The Balaban J connectivity index is 2.16. The molecule has 0 saturated heterocycles. The molecular weight excluding hydrogens is 332 g/mol. The number of esters is 1. The summed E-state index contributed by atoms with van der Waals surface area (Å²) < 4.78 is 16.1. The van der Waals surface area contributed by atoms with Crippen molar-refractivity contribution < 1.29 is 24.1 Å². The van der Waals surface area contributed by atoms with Gasteiger partial charge in [0.05, 0.1) is 14.2 Å². The number of hydrogen-bond acceptors (Lipinski definition) is 5. The molecule has 146 valence electrons. The first-order chi connectivity index (χ1) is 12.3. The van der Waals surface area contributed by atoms with Crippen LogP contribution in [0.5, 0.6) is 17.2 Å². The molecule has 1 aromatic rings. The second kappa shape index (κ2) is 8.65. The molecule has 0 spiro atoms. The highest BCUT2D eigenvalue weighted by molar-refractivity contribution is 5.69. The first-order valence-corrected chi connectivity index (χ1v) is 9.42. The van der Waals surface area contributed by atoms with Crippen LogP contribution in [0.1, 0.15) is 70.8 Å². The minimum atomic E-state index is -0.450. The average molecular weight is 364 g/mol. The van der Waals surface area contributed by atoms with E-state index >= 15 is 0 Å². The Morgan fingerprint density at radius 1 is 1.15 bits per heavy atom. The van der Waals surface area contributed by atoms with Crippen LogP contribution in [0.3, 0.4) is 0 Å². The Kier molecular flexibility index (Phi) is 6.79. The third-order valence-corrected chi connectivity index (χ3v) is 5.00. The van der Waals surface area contributed by atoms with E-state index in [1.54, 1.807) is 13.2 Å². The predicted molar refractivity (Wildman–Crippen MR) is 101 cm³/mol. The van der Waals surface area contributed by atoms with Crippen molar-refractivity contribution in [3.05, 3.63) is 17.7 Å². The van der Waals surface area contributed by atoms with Gasteiger partial charge in [-0.3, -0.25) is 4.79 Å². The molecule has 0 aliphatic heterocycles. The summed E-state index contributed by atoms with van der Waals surface area (Å²) in [5.74, 6) is 1.43. The Morgan fingerprint density at radius 2 is 1.85 bits per heavy atom. The molecule has 2 atom stereocenters. The van der Waals surface area contributed by atoms with E-state index in [1.165, 1.54) is 13.5 Å². The first kappa shape index (κ1) is 20.4. The summed E-state index contributed by atoms with van der Waals surface area (Å²) in [7, 11) is 3.09. The zero-order chi connectivity index (χ0) is 19.3. The van der Waals surface area contributed by atoms with Gasteiger partial charge in [0, 0.05) is 12.0 Å². The second-order valence-electron chi connectivity index (χ2n) is 8.02. The van der Waals surface area contributed by atoms with Gasteiger partial charge in [-0.1, -0.05) is 18.9 Å². The number of benzene rings is 1. The van der Waals surface area contributed by atoms with Crippen LogP contribution >= 0.6 is 0 Å². The molecule has 1 N–H and O–H groups in total. The van der Waals surface area contributed by atoms with Crippen molar-refractivity contribution >= 4 is 5.97 Å². The Labute approximate surface area is 156 Å². The van der Waals surface area contributed by atoms with Crippen LogP contribution in [-0.4, -0.2) is 30.9 Å². The summed E-state index contributed by atoms with van der Waals surface area (Å²) in [5.41, 5.74) is 0.549. The molecule has 0 heterocycles. The van der Waals surface area contributed by atoms with Gasteiger partial charge in [0.25, 0.3) is 0 Å². The van der Waals surface area contributed by atoms with Crippen LogP contribution in [-0.2, 0) is 9.53 Å². The van der Waals surface area contributed by atoms with Gasteiger partial charge in [-0.25, -0.2) is 0 Å². The molecule has 2 rings (SSSR count). The number of methoxy groups -OCH3 is 2. The summed E-state index contributed by atoms with van der Waals surface area (Å²) in [6.07, 6.45) is 5.62. The summed E-state index contributed by atoms with van der Waals surface area (Å²) in [4.78, 5) is 12.1. The molecule has 5 heteroatoms. The van der Waals surface area contributed by atoms with Crippen LogP contribution in [0.4, 0.5) is 0 Å². The molecule has 26 heavy (non-hydrogen) atoms. The second-order valence-corrected chi connectivity index (χ2v) is 8.02. The number of rotatable bonds is 6. The van der Waals surface area contributed by atoms with Gasteiger partial charge in [-0.2, -0.15) is 0 Å². The minimum Gasteiger partial charge on any atom is -0.502 e. The number of carbonyl (C=O) groups is 1. The molecule has 1 saturated carbocycles. The monoisotopic (exact) mass is 364 g/mol. The Hall–Kier alpha value is -1.91. The Bertz CT molecular complexity index is 618. The van der Waals surface area contributed by atoms with E-state index in [2.05, 4.69) is 0 Å². The third-order valence-electron chi connectivity index (χ3n) is 5.00. The first-order valence-electron chi connectivity index (χ1n) is 9.42. The molecule has 0 aromatic heterocycles. The fourth-order valence-electron chi connectivity index (χ4n) is 3.90. The van der Waals surface area contributed by atoms with Gasteiger partial charge in [0.1, 0.15) is 5.60 Å². The maximum atomic E-state index is 12.1. The standard InChI is InChI=1S/C21H32O5/c1-21(2,3)26-18(22)13-10-14-8-6-7-9-15(14)16-11-12-17(24-4)19(23)20(16)25-5/h11-12,14-15,23H,6-10,13H2,1-5H3. The highest BCUT2D eigenvalue weighted by Gasteiger charge is 2.31. The van der Waals surface area contributed by atoms with Crippen molar-refractivity contribution in [3.8, 4) is 17.2 Å². The zero-order valence-electron chi connectivity index (χ0n) is 16.6. The number of ether oxygens (including phenoxy) is 3. The average Bonchev–Trinajstić information content (AvgIpc) is 2.58. The van der Waals surface area contributed by atoms with Gasteiger partial charge in [0.2, 0.25) is 5.75 Å². The highest BCUT2D eigenvalue weighted by atomic mass is 16.6. The van der Waals surface area contributed by atoms with Crippen molar-refractivity contribution in [2.45, 2.75) is 70.8 Å². The molecule has 1 fully saturated rings. The van der Waals surface area contributed by atoms with Crippen LogP contribution in [0.25, 0.3) is 0 Å². The maximum Gasteiger partial charge on any atom is 0.306 e. The molecule has 0 amide bonds. The highest BCUT2D eigenvalue weighted by Crippen LogP contribution is 2.48. The van der Waals surface area contributed by atoms with Crippen molar-refractivity contribution in [1.82, 2.24) is 0 Å². The zero-order valence-corrected chi connectivity index (χ0v) is 16.6. The van der Waals surface area contributed by atoms with Crippen LogP contribution in [0.2, 0.25) is 0 Å². The van der Waals surface area contributed by atoms with Gasteiger partial charge >= 0.3 is 5.97 Å². The molecule has 1 aliphatic carbocycles. The summed E-state index contributed by atoms with van der Waals surface area (Å²) in [6, 6.07) is 3.76. The van der Waals surface area contributed by atoms with E-state index in [0.29, 0.717) is 23.8 Å². The van der Waals surface area contributed by atoms with Gasteiger partial charge in [-0.05, 0) is 57.9 Å². The lowest BCUT2D eigenvalue weighted by atomic mass is 9.73. The van der Waals surface area contributed by atoms with E-state index in [-0.39, 0.29) is 17.6 Å². The molecule has 1 aromatic carbocycles. The van der Waals surface area contributed by atoms with Gasteiger partial charge in [-0.15, -0.1) is 0 Å². The fourth-order valence-corrected chi connectivity index (χ4v) is 3.90. The summed E-state index contributed by atoms with van der Waals surface area (Å²) >= 11 is 0. The van der Waals surface area contributed by atoms with Crippen LogP contribution in [0, 0.1) is 5.92 Å². The molecule has 5 nitrogen and oxygen atoms in total. The third kappa shape index (κ3) is 5.05. The van der Waals surface area contributed by atoms with Crippen molar-refractivity contribution in [1.29, 1.82) is 0 Å². The minimum absolute atomic E-state index is 0.0453. The van der Waals surface area contributed by atoms with E-state index in [1.807, 2.05) is 26.8 Å². The van der Waals surface area contributed by atoms with E-state index in [0.717, 1.165) is 31.2 Å². The topological polar surface area (TPSA) is 65.0 Å². The molecule has 0 bridgehead atoms. The summed E-state index contributed by atoms with van der Waals surface area (Å²) in [5, 5.41) is 10.4. The number of carbonyl (C=O) groups excluding carboxylic acids is 1. The normalized spacial score (nSPS) is 20.5. The lowest BCUT2D eigenvalue weighted by Gasteiger charge is -2.33. The molecule has 1 aliphatic rings. The van der Waals surface area contributed by atoms with Crippen molar-refractivity contribution in [2.24, 2.45) is 5.92 Å². The summed E-state index contributed by atoms with van der Waals surface area (Å²) in [6.45, 7) is 5.66. The van der Waals surface area contributed by atoms with Gasteiger partial charge in [0.15, 0.2) is 11.5 Å². The molecule has 2 unspecified atom stereocenters. The fraction of sp³-hybridized carbons (Fsp3) is 0.667. The SMILES string of the molecule is COc1ccc(C2CCCCC2CCC(=O)OC(C)(C)C)c(OC)c1O.